The zero-order chi connectivity index (χ0) is 17.0. The second kappa shape index (κ2) is 7.45. The van der Waals surface area contributed by atoms with Gasteiger partial charge in [-0.2, -0.15) is 0 Å². The van der Waals surface area contributed by atoms with Crippen LogP contribution >= 0.6 is 0 Å². The Hall–Kier alpha value is -1.40. The van der Waals surface area contributed by atoms with Gasteiger partial charge in [-0.15, -0.1) is 0 Å². The predicted octanol–water partition coefficient (Wildman–Crippen LogP) is 2.10. The first-order chi connectivity index (χ1) is 10.8. The molecule has 1 saturated heterocycles. The van der Waals surface area contributed by atoms with E-state index in [-0.39, 0.29) is 24.4 Å². The van der Waals surface area contributed by atoms with E-state index in [4.69, 9.17) is 0 Å². The van der Waals surface area contributed by atoms with Gasteiger partial charge in [0.2, 0.25) is 15.9 Å². The van der Waals surface area contributed by atoms with Crippen molar-refractivity contribution in [3.8, 4) is 0 Å². The molecule has 1 heterocycles. The highest BCUT2D eigenvalue weighted by atomic mass is 32.2. The molecule has 1 aliphatic rings. The lowest BCUT2D eigenvalue weighted by Crippen LogP contribution is -2.45. The maximum Gasteiger partial charge on any atom is 0.224 e. The van der Waals surface area contributed by atoms with Crippen molar-refractivity contribution in [3.05, 3.63) is 35.4 Å². The monoisotopic (exact) mass is 338 g/mol. The largest absolute Gasteiger partial charge is 0.349 e. The molecule has 1 fully saturated rings. The molecule has 128 valence electrons. The first-order valence-corrected chi connectivity index (χ1v) is 10.0. The molecule has 23 heavy (non-hydrogen) atoms. The number of hydrogen-bond acceptors (Lipinski definition) is 3. The van der Waals surface area contributed by atoms with Crippen LogP contribution in [0.2, 0.25) is 0 Å². The van der Waals surface area contributed by atoms with Gasteiger partial charge in [-0.1, -0.05) is 31.2 Å². The van der Waals surface area contributed by atoms with Gasteiger partial charge in [-0.25, -0.2) is 12.7 Å². The van der Waals surface area contributed by atoms with Crippen LogP contribution in [0.1, 0.15) is 43.9 Å². The van der Waals surface area contributed by atoms with E-state index < -0.39 is 10.0 Å². The molecule has 0 spiro atoms. The fourth-order valence-corrected chi connectivity index (χ4v) is 3.83. The minimum atomic E-state index is -3.23. The Morgan fingerprint density at radius 2 is 2.00 bits per heavy atom. The van der Waals surface area contributed by atoms with Gasteiger partial charge in [-0.3, -0.25) is 4.79 Å². The quantitative estimate of drug-likeness (QED) is 0.894. The number of rotatable bonds is 5. The first kappa shape index (κ1) is 17.9. The predicted molar refractivity (Wildman–Crippen MR) is 91.5 cm³/mol. The molecule has 0 radical (unpaired) electrons. The molecule has 1 N–H and O–H groups in total. The maximum absolute atomic E-state index is 12.4. The summed E-state index contributed by atoms with van der Waals surface area (Å²) in [6.07, 6.45) is 3.65. The summed E-state index contributed by atoms with van der Waals surface area (Å²) in [6.45, 7) is 4.86. The number of amides is 1. The second-order valence-corrected chi connectivity index (χ2v) is 8.27. The zero-order valence-electron chi connectivity index (χ0n) is 14.1. The van der Waals surface area contributed by atoms with Crippen LogP contribution in [0, 0.1) is 5.92 Å². The first-order valence-electron chi connectivity index (χ1n) is 8.15. The van der Waals surface area contributed by atoms with Crippen LogP contribution in [-0.4, -0.2) is 38.0 Å². The van der Waals surface area contributed by atoms with E-state index in [2.05, 4.69) is 24.4 Å². The molecule has 1 aliphatic heterocycles. The molecule has 0 aliphatic carbocycles. The topological polar surface area (TPSA) is 66.5 Å². The Balaban J connectivity index is 1.97. The lowest BCUT2D eigenvalue weighted by atomic mass is 9.97. The Morgan fingerprint density at radius 1 is 1.35 bits per heavy atom. The average molecular weight is 338 g/mol. The second-order valence-electron chi connectivity index (χ2n) is 6.29. The summed E-state index contributed by atoms with van der Waals surface area (Å²) in [5.74, 6) is -0.332. The van der Waals surface area contributed by atoms with E-state index >= 15 is 0 Å². The Kier molecular flexibility index (Phi) is 5.81. The van der Waals surface area contributed by atoms with Gasteiger partial charge < -0.3 is 5.32 Å². The van der Waals surface area contributed by atoms with Gasteiger partial charge in [0, 0.05) is 13.1 Å². The summed E-state index contributed by atoms with van der Waals surface area (Å²) in [4.78, 5) is 12.4. The van der Waals surface area contributed by atoms with Crippen molar-refractivity contribution in [2.75, 3.05) is 19.3 Å². The molecular formula is C17H26N2O3S. The molecule has 2 atom stereocenters. The number of nitrogens with zero attached hydrogens (tertiary/aromatic N) is 1. The highest BCUT2D eigenvalue weighted by Gasteiger charge is 2.30. The lowest BCUT2D eigenvalue weighted by molar-refractivity contribution is -0.126. The molecule has 0 bridgehead atoms. The van der Waals surface area contributed by atoms with Crippen LogP contribution in [0.5, 0.6) is 0 Å². The van der Waals surface area contributed by atoms with Crippen LogP contribution in [0.4, 0.5) is 0 Å². The van der Waals surface area contributed by atoms with E-state index in [1.807, 2.05) is 19.1 Å². The molecule has 1 aromatic carbocycles. The van der Waals surface area contributed by atoms with E-state index in [0.717, 1.165) is 24.8 Å². The van der Waals surface area contributed by atoms with Gasteiger partial charge in [0.1, 0.15) is 0 Å². The normalized spacial score (nSPS) is 20.9. The summed E-state index contributed by atoms with van der Waals surface area (Å²) in [6, 6.07) is 8.14. The van der Waals surface area contributed by atoms with Crippen LogP contribution in [-0.2, 0) is 21.2 Å². The van der Waals surface area contributed by atoms with Gasteiger partial charge in [-0.05, 0) is 37.3 Å². The molecule has 5 nitrogen and oxygen atoms in total. The Labute approximate surface area is 139 Å². The molecule has 0 saturated carbocycles. The van der Waals surface area contributed by atoms with E-state index in [9.17, 15) is 13.2 Å². The van der Waals surface area contributed by atoms with Crippen LogP contribution < -0.4 is 5.32 Å². The van der Waals surface area contributed by atoms with Crippen molar-refractivity contribution in [2.24, 2.45) is 5.92 Å². The summed E-state index contributed by atoms with van der Waals surface area (Å²) >= 11 is 0. The van der Waals surface area contributed by atoms with Gasteiger partial charge in [0.15, 0.2) is 0 Å². The van der Waals surface area contributed by atoms with E-state index in [1.165, 1.54) is 16.1 Å². The molecular weight excluding hydrogens is 312 g/mol. The summed E-state index contributed by atoms with van der Waals surface area (Å²) in [5, 5.41) is 3.01. The van der Waals surface area contributed by atoms with Crippen molar-refractivity contribution < 1.29 is 13.2 Å². The van der Waals surface area contributed by atoms with E-state index in [0.29, 0.717) is 6.54 Å². The van der Waals surface area contributed by atoms with E-state index in [1.54, 1.807) is 0 Å². The summed E-state index contributed by atoms with van der Waals surface area (Å²) < 4.78 is 24.7. The number of sulfonamides is 1. The van der Waals surface area contributed by atoms with Crippen molar-refractivity contribution in [1.82, 2.24) is 9.62 Å². The minimum Gasteiger partial charge on any atom is -0.349 e. The molecule has 1 amide bonds. The maximum atomic E-state index is 12.4. The number of hydrogen-bond donors (Lipinski definition) is 1. The van der Waals surface area contributed by atoms with Gasteiger partial charge >= 0.3 is 0 Å². The third-order valence-electron chi connectivity index (χ3n) is 4.47. The highest BCUT2D eigenvalue weighted by Crippen LogP contribution is 2.21. The fraction of sp³-hybridized carbons (Fsp3) is 0.588. The summed E-state index contributed by atoms with van der Waals surface area (Å²) in [7, 11) is -3.23. The van der Waals surface area contributed by atoms with Crippen LogP contribution in [0.15, 0.2) is 24.3 Å². The Morgan fingerprint density at radius 3 is 2.57 bits per heavy atom. The number of carbonyl (C=O) groups is 1. The number of piperidine rings is 1. The van der Waals surface area contributed by atoms with Crippen LogP contribution in [0.25, 0.3) is 0 Å². The third-order valence-corrected chi connectivity index (χ3v) is 5.74. The number of aryl methyl sites for hydroxylation is 1. The third kappa shape index (κ3) is 4.78. The molecule has 2 unspecified atom stereocenters. The molecule has 6 heteroatoms. The van der Waals surface area contributed by atoms with Crippen molar-refractivity contribution in [3.63, 3.8) is 0 Å². The fourth-order valence-electron chi connectivity index (χ4n) is 2.91. The highest BCUT2D eigenvalue weighted by molar-refractivity contribution is 7.88. The molecule has 2 rings (SSSR count). The molecule has 0 aromatic heterocycles. The zero-order valence-corrected chi connectivity index (χ0v) is 14.9. The Bertz CT molecular complexity index is 640. The van der Waals surface area contributed by atoms with Gasteiger partial charge in [0.05, 0.1) is 18.2 Å². The smallest absolute Gasteiger partial charge is 0.224 e. The van der Waals surface area contributed by atoms with Crippen molar-refractivity contribution in [2.45, 2.75) is 39.2 Å². The summed E-state index contributed by atoms with van der Waals surface area (Å²) in [5.41, 5.74) is 2.33. The minimum absolute atomic E-state index is 0.0644. The average Bonchev–Trinajstić information content (AvgIpc) is 2.54. The lowest BCUT2D eigenvalue weighted by Gasteiger charge is -2.30. The molecule has 1 aromatic rings. The van der Waals surface area contributed by atoms with Crippen molar-refractivity contribution in [1.29, 1.82) is 0 Å². The standard InChI is InChI=1S/C17H26N2O3S/c1-4-14-7-9-15(10-8-14)13(2)18-17(20)16-6-5-11-19(12-16)23(3,21)22/h7-10,13,16H,4-6,11-12H2,1-3H3,(H,18,20). The van der Waals surface area contributed by atoms with Crippen molar-refractivity contribution >= 4 is 15.9 Å². The van der Waals surface area contributed by atoms with Crippen LogP contribution in [0.3, 0.4) is 0 Å². The SMILES string of the molecule is CCc1ccc(C(C)NC(=O)C2CCCN(S(C)(=O)=O)C2)cc1. The number of benzene rings is 1. The number of nitrogens with one attached hydrogen (secondary N) is 1. The number of carbonyl (C=O) groups excluding carboxylic acids is 1. The van der Waals surface area contributed by atoms with Gasteiger partial charge in [0.25, 0.3) is 0 Å².